The standard InChI is InChI=1S/C22H18N4O2S/c27-22(25-17-14-24-7-5-18(17)26-10-8-23-9-11-26)20-3-2-19(28-20)15-1-4-21-16(13-15)6-12-29-21/h1-6,12-14,23H,8-11H2/p+1. The summed E-state index contributed by atoms with van der Waals surface area (Å²) < 4.78 is 7.08. The fourth-order valence-electron chi connectivity index (χ4n) is 3.53. The van der Waals surface area contributed by atoms with E-state index in [1.165, 1.54) is 10.1 Å². The van der Waals surface area contributed by atoms with Crippen LogP contribution in [0.2, 0.25) is 0 Å². The zero-order valence-corrected chi connectivity index (χ0v) is 16.5. The van der Waals surface area contributed by atoms with Crippen molar-refractivity contribution in [3.05, 3.63) is 66.0 Å². The Hall–Kier alpha value is -3.34. The molecule has 3 aromatic heterocycles. The molecule has 0 atom stereocenters. The van der Waals surface area contributed by atoms with Gasteiger partial charge in [0, 0.05) is 36.4 Å². The van der Waals surface area contributed by atoms with E-state index in [-0.39, 0.29) is 11.7 Å². The van der Waals surface area contributed by atoms with Crippen molar-refractivity contribution in [2.45, 2.75) is 0 Å². The summed E-state index contributed by atoms with van der Waals surface area (Å²) in [6, 6.07) is 13.6. The molecule has 2 N–H and O–H groups in total. The average Bonchev–Trinajstić information content (AvgIpc) is 3.44. The lowest BCUT2D eigenvalue weighted by molar-refractivity contribution is -0.292. The summed E-state index contributed by atoms with van der Waals surface area (Å²) in [6.07, 6.45) is 4.49. The van der Waals surface area contributed by atoms with Crippen LogP contribution in [0.1, 0.15) is 10.6 Å². The normalized spacial score (nSPS) is 14.0. The fourth-order valence-corrected chi connectivity index (χ4v) is 4.30. The van der Waals surface area contributed by atoms with E-state index in [1.54, 1.807) is 23.6 Å². The summed E-state index contributed by atoms with van der Waals surface area (Å²) in [7, 11) is 0. The molecule has 29 heavy (non-hydrogen) atoms. The molecule has 1 fully saturated rings. The van der Waals surface area contributed by atoms with Gasteiger partial charge in [0.15, 0.2) is 11.4 Å². The second kappa shape index (κ2) is 7.59. The first-order chi connectivity index (χ1) is 14.3. The number of piperazine rings is 1. The molecule has 4 aromatic rings. The largest absolute Gasteiger partial charge is 0.451 e. The monoisotopic (exact) mass is 403 g/mol. The van der Waals surface area contributed by atoms with Crippen LogP contribution in [-0.4, -0.2) is 32.1 Å². The van der Waals surface area contributed by atoms with Crippen LogP contribution in [0.4, 0.5) is 11.4 Å². The molecule has 1 aliphatic heterocycles. The van der Waals surface area contributed by atoms with Gasteiger partial charge >= 0.3 is 12.4 Å². The minimum absolute atomic E-state index is 0.268. The Labute approximate surface area is 172 Å². The molecular weight excluding hydrogens is 384 g/mol. The van der Waals surface area contributed by atoms with Crippen LogP contribution in [-0.2, 0) is 0 Å². The summed E-state index contributed by atoms with van der Waals surface area (Å²) in [5.74, 6) is 0.645. The molecule has 0 aliphatic carbocycles. The number of aromatic nitrogens is 1. The maximum atomic E-state index is 12.8. The Bertz CT molecular complexity index is 1160. The van der Waals surface area contributed by atoms with Crippen LogP contribution < -0.4 is 20.5 Å². The van der Waals surface area contributed by atoms with E-state index in [1.807, 2.05) is 18.2 Å². The highest BCUT2D eigenvalue weighted by Crippen LogP contribution is 2.29. The van der Waals surface area contributed by atoms with Crippen LogP contribution in [0.3, 0.4) is 0 Å². The SMILES string of the molecule is O=C(Nc1c[n+]#ccc1N1CCNCC1)c1ccc(-c2ccc3sccc3c2)o1. The van der Waals surface area contributed by atoms with Crippen molar-refractivity contribution in [3.8, 4) is 11.3 Å². The van der Waals surface area contributed by atoms with Gasteiger partial charge < -0.3 is 20.0 Å². The molecule has 0 unspecified atom stereocenters. The van der Waals surface area contributed by atoms with Crippen LogP contribution >= 0.6 is 11.3 Å². The number of carbonyl (C=O) groups excluding carboxylic acids is 1. The Kier molecular flexibility index (Phi) is 4.64. The summed E-state index contributed by atoms with van der Waals surface area (Å²) in [5.41, 5.74) is 2.53. The minimum atomic E-state index is -0.294. The predicted octanol–water partition coefficient (Wildman–Crippen LogP) is 3.22. The predicted molar refractivity (Wildman–Crippen MR) is 113 cm³/mol. The number of anilines is 2. The summed E-state index contributed by atoms with van der Waals surface area (Å²) in [6.45, 7) is 3.56. The quantitative estimate of drug-likeness (QED) is 0.547. The average molecular weight is 403 g/mol. The summed E-state index contributed by atoms with van der Waals surface area (Å²) >= 11 is 1.70. The highest BCUT2D eigenvalue weighted by Gasteiger charge is 2.20. The third-order valence-electron chi connectivity index (χ3n) is 5.02. The fraction of sp³-hybridized carbons (Fsp3) is 0.182. The smallest absolute Gasteiger partial charge is 0.331 e. The molecule has 1 amide bonds. The highest BCUT2D eigenvalue weighted by atomic mass is 32.1. The van der Waals surface area contributed by atoms with Crippen molar-refractivity contribution >= 4 is 38.7 Å². The topological polar surface area (TPSA) is 71.6 Å². The van der Waals surface area contributed by atoms with E-state index >= 15 is 0 Å². The van der Waals surface area contributed by atoms with Crippen molar-refractivity contribution in [2.24, 2.45) is 0 Å². The molecule has 1 aromatic carbocycles. The minimum Gasteiger partial charge on any atom is -0.451 e. The lowest BCUT2D eigenvalue weighted by Crippen LogP contribution is -2.43. The number of fused-ring (bicyclic) bond motifs is 1. The van der Waals surface area contributed by atoms with Crippen molar-refractivity contribution in [3.63, 3.8) is 0 Å². The van der Waals surface area contributed by atoms with E-state index in [9.17, 15) is 4.79 Å². The maximum absolute atomic E-state index is 12.8. The van der Waals surface area contributed by atoms with Gasteiger partial charge in [-0.2, -0.15) is 0 Å². The number of carbonyl (C=O) groups is 1. The molecule has 0 saturated carbocycles. The Morgan fingerprint density at radius 2 is 2.10 bits per heavy atom. The highest BCUT2D eigenvalue weighted by molar-refractivity contribution is 7.17. The Morgan fingerprint density at radius 1 is 1.21 bits per heavy atom. The van der Waals surface area contributed by atoms with Crippen molar-refractivity contribution in [1.82, 2.24) is 5.32 Å². The van der Waals surface area contributed by atoms with Gasteiger partial charge in [0.2, 0.25) is 0 Å². The van der Waals surface area contributed by atoms with Gasteiger partial charge in [0.05, 0.1) is 11.8 Å². The molecule has 1 aliphatic rings. The number of thiophene rings is 1. The van der Waals surface area contributed by atoms with Crippen molar-refractivity contribution in [1.29, 1.82) is 0 Å². The van der Waals surface area contributed by atoms with Gasteiger partial charge in [-0.25, -0.2) is 0 Å². The van der Waals surface area contributed by atoms with E-state index in [0.29, 0.717) is 11.4 Å². The molecule has 0 radical (unpaired) electrons. The third kappa shape index (κ3) is 3.56. The number of benzene rings is 1. The Morgan fingerprint density at radius 3 is 3.00 bits per heavy atom. The van der Waals surface area contributed by atoms with Gasteiger partial charge in [0.1, 0.15) is 5.76 Å². The number of amides is 1. The first-order valence-electron chi connectivity index (χ1n) is 9.48. The van der Waals surface area contributed by atoms with E-state index in [4.69, 9.17) is 4.42 Å². The maximum Gasteiger partial charge on any atom is 0.331 e. The number of hydrogen-bond donors (Lipinski definition) is 2. The molecule has 6 nitrogen and oxygen atoms in total. The van der Waals surface area contributed by atoms with Gasteiger partial charge in [-0.15, -0.1) is 11.3 Å². The molecule has 144 valence electrons. The van der Waals surface area contributed by atoms with Gasteiger partial charge in [-0.05, 0) is 52.1 Å². The second-order valence-corrected chi connectivity index (χ2v) is 7.81. The van der Waals surface area contributed by atoms with Crippen LogP contribution in [0.25, 0.3) is 21.4 Å². The molecule has 7 heteroatoms. The van der Waals surface area contributed by atoms with Gasteiger partial charge in [0.25, 0.3) is 5.91 Å². The number of nitrogens with one attached hydrogen (secondary N) is 2. The van der Waals surface area contributed by atoms with E-state index in [2.05, 4.69) is 50.3 Å². The first kappa shape index (κ1) is 17.7. The van der Waals surface area contributed by atoms with Crippen LogP contribution in [0, 0.1) is 6.20 Å². The van der Waals surface area contributed by atoms with Crippen LogP contribution in [0.5, 0.6) is 0 Å². The van der Waals surface area contributed by atoms with Crippen molar-refractivity contribution in [2.75, 3.05) is 36.4 Å². The van der Waals surface area contributed by atoms with Crippen LogP contribution in [0.15, 0.2) is 58.5 Å². The zero-order valence-electron chi connectivity index (χ0n) is 15.6. The number of nitrogens with zero attached hydrogens (tertiary/aromatic N) is 2. The summed E-state index contributed by atoms with van der Waals surface area (Å²) in [4.78, 5) is 19.1. The second-order valence-electron chi connectivity index (χ2n) is 6.86. The van der Waals surface area contributed by atoms with E-state index < -0.39 is 0 Å². The zero-order chi connectivity index (χ0) is 19.6. The third-order valence-corrected chi connectivity index (χ3v) is 5.92. The molecule has 0 spiro atoms. The number of rotatable bonds is 4. The molecule has 0 bridgehead atoms. The van der Waals surface area contributed by atoms with Crippen molar-refractivity contribution < 1.29 is 14.2 Å². The number of hydrogen-bond acceptors (Lipinski definition) is 5. The molecule has 4 heterocycles. The number of furan rings is 1. The summed E-state index contributed by atoms with van der Waals surface area (Å²) in [5, 5.41) is 9.50. The van der Waals surface area contributed by atoms with Gasteiger partial charge in [-0.3, -0.25) is 4.79 Å². The molecule has 1 saturated heterocycles. The first-order valence-corrected chi connectivity index (χ1v) is 10.4. The molecular formula is C22H19N4O2S+. The Balaban J connectivity index is 1.37. The lowest BCUT2D eigenvalue weighted by Gasteiger charge is -2.29. The molecule has 5 rings (SSSR count). The van der Waals surface area contributed by atoms with E-state index in [0.717, 1.165) is 37.4 Å². The van der Waals surface area contributed by atoms with Gasteiger partial charge in [-0.1, -0.05) is 0 Å². The lowest BCUT2D eigenvalue weighted by atomic mass is 10.1.